The highest BCUT2D eigenvalue weighted by Crippen LogP contribution is 2.27. The van der Waals surface area contributed by atoms with Crippen LogP contribution < -0.4 is 0 Å². The van der Waals surface area contributed by atoms with Crippen LogP contribution in [0.3, 0.4) is 0 Å². The van der Waals surface area contributed by atoms with Gasteiger partial charge in [0.1, 0.15) is 6.07 Å². The Morgan fingerprint density at radius 2 is 1.88 bits per heavy atom. The molecular formula is C13H8Cl2N2. The number of pyridine rings is 1. The average molecular weight is 263 g/mol. The van der Waals surface area contributed by atoms with Gasteiger partial charge in [0.15, 0.2) is 0 Å². The van der Waals surface area contributed by atoms with Crippen molar-refractivity contribution in [3.63, 3.8) is 0 Å². The third-order valence-corrected chi connectivity index (χ3v) is 3.16. The van der Waals surface area contributed by atoms with E-state index in [1.165, 1.54) is 0 Å². The van der Waals surface area contributed by atoms with E-state index in [1.54, 1.807) is 31.2 Å². The normalized spacial score (nSPS) is 10.0. The smallest absolute Gasteiger partial charge is 0.101 e. The zero-order valence-electron chi connectivity index (χ0n) is 9.04. The van der Waals surface area contributed by atoms with Crippen molar-refractivity contribution >= 4 is 23.2 Å². The first-order valence-corrected chi connectivity index (χ1v) is 5.70. The summed E-state index contributed by atoms with van der Waals surface area (Å²) < 4.78 is 0. The van der Waals surface area contributed by atoms with E-state index in [4.69, 9.17) is 28.5 Å². The number of aryl methyl sites for hydroxylation is 1. The van der Waals surface area contributed by atoms with Crippen LogP contribution in [0.4, 0.5) is 0 Å². The monoisotopic (exact) mass is 262 g/mol. The lowest BCUT2D eigenvalue weighted by molar-refractivity contribution is 1.18. The average Bonchev–Trinajstić information content (AvgIpc) is 2.32. The van der Waals surface area contributed by atoms with Crippen LogP contribution >= 0.6 is 23.2 Å². The van der Waals surface area contributed by atoms with Crippen molar-refractivity contribution in [3.05, 3.63) is 51.6 Å². The van der Waals surface area contributed by atoms with Crippen LogP contribution in [0.1, 0.15) is 11.3 Å². The van der Waals surface area contributed by atoms with Crippen molar-refractivity contribution < 1.29 is 0 Å². The summed E-state index contributed by atoms with van der Waals surface area (Å²) in [6.07, 6.45) is 0. The SMILES string of the molecule is Cc1nc(-c2ccc(Cl)c(Cl)c2)ccc1C#N. The first-order valence-electron chi connectivity index (χ1n) is 4.95. The molecule has 1 aromatic heterocycles. The zero-order valence-corrected chi connectivity index (χ0v) is 10.5. The van der Waals surface area contributed by atoms with Crippen molar-refractivity contribution in [1.82, 2.24) is 4.98 Å². The van der Waals surface area contributed by atoms with Gasteiger partial charge in [0.05, 0.1) is 27.0 Å². The van der Waals surface area contributed by atoms with Gasteiger partial charge in [0, 0.05) is 5.56 Å². The molecule has 0 unspecified atom stereocenters. The molecule has 2 rings (SSSR count). The molecule has 4 heteroatoms. The summed E-state index contributed by atoms with van der Waals surface area (Å²) in [6, 6.07) is 11.0. The second-order valence-corrected chi connectivity index (χ2v) is 4.38. The summed E-state index contributed by atoms with van der Waals surface area (Å²) in [6.45, 7) is 1.81. The predicted octanol–water partition coefficient (Wildman–Crippen LogP) is 4.24. The second kappa shape index (κ2) is 4.75. The molecule has 0 radical (unpaired) electrons. The van der Waals surface area contributed by atoms with Crippen LogP contribution in [0.15, 0.2) is 30.3 Å². The van der Waals surface area contributed by atoms with Gasteiger partial charge < -0.3 is 0 Å². The van der Waals surface area contributed by atoms with Gasteiger partial charge >= 0.3 is 0 Å². The fourth-order valence-electron chi connectivity index (χ4n) is 1.50. The van der Waals surface area contributed by atoms with Gasteiger partial charge in [-0.15, -0.1) is 0 Å². The van der Waals surface area contributed by atoms with Crippen LogP contribution in [0.2, 0.25) is 10.0 Å². The Bertz CT molecular complexity index is 615. The van der Waals surface area contributed by atoms with E-state index in [-0.39, 0.29) is 0 Å². The largest absolute Gasteiger partial charge is 0.252 e. The van der Waals surface area contributed by atoms with E-state index in [0.29, 0.717) is 21.3 Å². The molecule has 0 atom stereocenters. The Hall–Kier alpha value is -1.56. The van der Waals surface area contributed by atoms with Crippen molar-refractivity contribution in [2.75, 3.05) is 0 Å². The highest BCUT2D eigenvalue weighted by atomic mass is 35.5. The molecule has 0 fully saturated rings. The number of hydrogen-bond acceptors (Lipinski definition) is 2. The minimum atomic E-state index is 0.493. The number of hydrogen-bond donors (Lipinski definition) is 0. The topological polar surface area (TPSA) is 36.7 Å². The number of rotatable bonds is 1. The van der Waals surface area contributed by atoms with Crippen LogP contribution in [0, 0.1) is 18.3 Å². The number of benzene rings is 1. The number of halogens is 2. The molecule has 0 saturated carbocycles. The first-order chi connectivity index (χ1) is 8.11. The fourth-order valence-corrected chi connectivity index (χ4v) is 1.79. The molecule has 0 spiro atoms. The highest BCUT2D eigenvalue weighted by molar-refractivity contribution is 6.42. The van der Waals surface area contributed by atoms with E-state index >= 15 is 0 Å². The molecule has 0 aliphatic carbocycles. The second-order valence-electron chi connectivity index (χ2n) is 3.57. The molecule has 2 nitrogen and oxygen atoms in total. The minimum absolute atomic E-state index is 0.493. The van der Waals surface area contributed by atoms with E-state index in [9.17, 15) is 0 Å². The van der Waals surface area contributed by atoms with Crippen LogP contribution in [0.5, 0.6) is 0 Å². The van der Waals surface area contributed by atoms with Gasteiger partial charge in [-0.05, 0) is 31.2 Å². The maximum Gasteiger partial charge on any atom is 0.101 e. The van der Waals surface area contributed by atoms with Gasteiger partial charge in [0.25, 0.3) is 0 Å². The molecule has 0 N–H and O–H groups in total. The lowest BCUT2D eigenvalue weighted by Gasteiger charge is -2.04. The molecule has 1 aromatic carbocycles. The van der Waals surface area contributed by atoms with Crippen molar-refractivity contribution in [2.24, 2.45) is 0 Å². The fraction of sp³-hybridized carbons (Fsp3) is 0.0769. The van der Waals surface area contributed by atoms with E-state index in [1.807, 2.05) is 6.07 Å². The summed E-state index contributed by atoms with van der Waals surface area (Å²) in [5, 5.41) is 9.84. The molecule has 2 aromatic rings. The molecule has 0 aliphatic rings. The third kappa shape index (κ3) is 2.41. The zero-order chi connectivity index (χ0) is 12.4. The molecule has 1 heterocycles. The lowest BCUT2D eigenvalue weighted by Crippen LogP contribution is -1.90. The Labute approximate surface area is 109 Å². The van der Waals surface area contributed by atoms with Gasteiger partial charge in [-0.2, -0.15) is 5.26 Å². The predicted molar refractivity (Wildman–Crippen MR) is 69.1 cm³/mol. The van der Waals surface area contributed by atoms with Gasteiger partial charge in [0.2, 0.25) is 0 Å². The highest BCUT2D eigenvalue weighted by Gasteiger charge is 2.05. The van der Waals surface area contributed by atoms with Crippen LogP contribution in [-0.4, -0.2) is 4.98 Å². The van der Waals surface area contributed by atoms with Crippen molar-refractivity contribution in [3.8, 4) is 17.3 Å². The van der Waals surface area contributed by atoms with Crippen molar-refractivity contribution in [1.29, 1.82) is 5.26 Å². The van der Waals surface area contributed by atoms with Gasteiger partial charge in [-0.1, -0.05) is 29.3 Å². The van der Waals surface area contributed by atoms with E-state index in [2.05, 4.69) is 11.1 Å². The number of aromatic nitrogens is 1. The van der Waals surface area contributed by atoms with Gasteiger partial charge in [-0.3, -0.25) is 4.98 Å². The van der Waals surface area contributed by atoms with E-state index < -0.39 is 0 Å². The minimum Gasteiger partial charge on any atom is -0.252 e. The summed E-state index contributed by atoms with van der Waals surface area (Å²) in [5.74, 6) is 0. The molecule has 84 valence electrons. The summed E-state index contributed by atoms with van der Waals surface area (Å²) >= 11 is 11.8. The Morgan fingerprint density at radius 1 is 1.12 bits per heavy atom. The van der Waals surface area contributed by atoms with Crippen LogP contribution in [0.25, 0.3) is 11.3 Å². The maximum atomic E-state index is 8.83. The molecule has 0 aliphatic heterocycles. The summed E-state index contributed by atoms with van der Waals surface area (Å²) in [4.78, 5) is 4.36. The van der Waals surface area contributed by atoms with E-state index in [0.717, 1.165) is 11.3 Å². The molecule has 17 heavy (non-hydrogen) atoms. The van der Waals surface area contributed by atoms with Gasteiger partial charge in [-0.25, -0.2) is 0 Å². The van der Waals surface area contributed by atoms with Crippen LogP contribution in [-0.2, 0) is 0 Å². The number of nitrogens with zero attached hydrogens (tertiary/aromatic N) is 2. The lowest BCUT2D eigenvalue weighted by atomic mass is 10.1. The standard InChI is InChI=1S/C13H8Cl2N2/c1-8-10(7-16)3-5-13(17-8)9-2-4-11(14)12(15)6-9/h2-6H,1H3. The maximum absolute atomic E-state index is 8.83. The Morgan fingerprint density at radius 3 is 2.47 bits per heavy atom. The quantitative estimate of drug-likeness (QED) is 0.771. The summed E-state index contributed by atoms with van der Waals surface area (Å²) in [5.41, 5.74) is 2.94. The number of nitriles is 1. The molecule has 0 amide bonds. The molecular weight excluding hydrogens is 255 g/mol. The molecule has 0 bridgehead atoms. The Balaban J connectivity index is 2.50. The molecule has 0 saturated heterocycles. The third-order valence-electron chi connectivity index (χ3n) is 2.42. The summed E-state index contributed by atoms with van der Waals surface area (Å²) in [7, 11) is 0. The van der Waals surface area contributed by atoms with Crippen molar-refractivity contribution in [2.45, 2.75) is 6.92 Å². The first kappa shape index (κ1) is 11.9. The Kier molecular flexibility index (Phi) is 3.33.